The van der Waals surface area contributed by atoms with Crippen LogP contribution in [-0.4, -0.2) is 11.6 Å². The van der Waals surface area contributed by atoms with Crippen molar-refractivity contribution in [1.82, 2.24) is 4.90 Å². The van der Waals surface area contributed by atoms with Crippen LogP contribution in [0.5, 0.6) is 5.75 Å². The normalized spacial score (nSPS) is 14.2. The number of halogens is 1. The van der Waals surface area contributed by atoms with E-state index in [9.17, 15) is 4.79 Å². The lowest BCUT2D eigenvalue weighted by Crippen LogP contribution is -2.32. The van der Waals surface area contributed by atoms with Gasteiger partial charge in [-0.15, -0.1) is 0 Å². The quantitative estimate of drug-likeness (QED) is 0.590. The molecule has 1 aliphatic rings. The van der Waals surface area contributed by atoms with Crippen LogP contribution in [-0.2, 0) is 19.5 Å². The van der Waals surface area contributed by atoms with Gasteiger partial charge in [-0.3, -0.25) is 4.90 Å². The highest BCUT2D eigenvalue weighted by molar-refractivity contribution is 6.30. The smallest absolute Gasteiger partial charge is 0.336 e. The molecule has 0 atom stereocenters. The third kappa shape index (κ3) is 3.60. The average Bonchev–Trinajstić information content (AvgIpc) is 2.63. The molecular formula is C22H22ClNO3. The summed E-state index contributed by atoms with van der Waals surface area (Å²) in [6.07, 6.45) is 1.83. The van der Waals surface area contributed by atoms with E-state index in [0.29, 0.717) is 12.3 Å². The number of rotatable bonds is 4. The first-order chi connectivity index (χ1) is 13.0. The molecule has 0 unspecified atom stereocenters. The molecule has 0 saturated heterocycles. The monoisotopic (exact) mass is 383 g/mol. The van der Waals surface area contributed by atoms with E-state index < -0.39 is 0 Å². The van der Waals surface area contributed by atoms with Gasteiger partial charge >= 0.3 is 5.63 Å². The average molecular weight is 384 g/mol. The Morgan fingerprint density at radius 2 is 2.07 bits per heavy atom. The molecule has 5 heteroatoms. The molecular weight excluding hydrogens is 362 g/mol. The second kappa shape index (κ2) is 7.37. The maximum Gasteiger partial charge on any atom is 0.336 e. The zero-order valence-electron chi connectivity index (χ0n) is 15.5. The summed E-state index contributed by atoms with van der Waals surface area (Å²) < 4.78 is 11.6. The molecule has 4 rings (SSSR count). The van der Waals surface area contributed by atoms with Crippen LogP contribution in [0.1, 0.15) is 35.6 Å². The van der Waals surface area contributed by atoms with Crippen LogP contribution in [0, 0.1) is 6.92 Å². The standard InChI is InChI=1S/C22H22ClNO3/c1-3-5-16-10-20(25)27-22-14(2)21-17(9-19(16)22)12-24(13-26-21)11-15-6-4-7-18(23)8-15/h4,6-10H,3,5,11-13H2,1-2H3. The van der Waals surface area contributed by atoms with Crippen LogP contribution in [0.3, 0.4) is 0 Å². The third-order valence-corrected chi connectivity index (χ3v) is 5.21. The van der Waals surface area contributed by atoms with Crippen molar-refractivity contribution in [2.75, 3.05) is 6.73 Å². The predicted molar refractivity (Wildman–Crippen MR) is 107 cm³/mol. The summed E-state index contributed by atoms with van der Waals surface area (Å²) in [6, 6.07) is 11.6. The Labute approximate surface area is 163 Å². The van der Waals surface area contributed by atoms with E-state index in [1.807, 2.05) is 25.1 Å². The topological polar surface area (TPSA) is 42.7 Å². The van der Waals surface area contributed by atoms with Crippen molar-refractivity contribution in [3.05, 3.63) is 74.1 Å². The first kappa shape index (κ1) is 18.1. The van der Waals surface area contributed by atoms with Gasteiger partial charge in [0.15, 0.2) is 0 Å². The summed E-state index contributed by atoms with van der Waals surface area (Å²) in [4.78, 5) is 14.2. The van der Waals surface area contributed by atoms with Gasteiger partial charge in [-0.2, -0.15) is 0 Å². The van der Waals surface area contributed by atoms with Gasteiger partial charge in [0, 0.05) is 40.7 Å². The molecule has 4 nitrogen and oxygen atoms in total. The summed E-state index contributed by atoms with van der Waals surface area (Å²) in [5.41, 5.74) is 4.58. The molecule has 140 valence electrons. The number of benzene rings is 2. The van der Waals surface area contributed by atoms with Gasteiger partial charge in [0.2, 0.25) is 0 Å². The Kier molecular flexibility index (Phi) is 4.94. The fourth-order valence-corrected chi connectivity index (χ4v) is 4.02. The molecule has 2 heterocycles. The molecule has 0 bridgehead atoms. The van der Waals surface area contributed by atoms with E-state index in [2.05, 4.69) is 24.0 Å². The SMILES string of the molecule is CCCc1cc(=O)oc2c(C)c3c(cc12)CN(Cc1cccc(Cl)c1)CO3. The Bertz CT molecular complexity index is 1060. The van der Waals surface area contributed by atoms with Crippen LogP contribution in [0.2, 0.25) is 5.02 Å². The zero-order chi connectivity index (χ0) is 19.0. The van der Waals surface area contributed by atoms with Gasteiger partial charge in [0.25, 0.3) is 0 Å². The molecule has 0 saturated carbocycles. The highest BCUT2D eigenvalue weighted by Crippen LogP contribution is 2.36. The fourth-order valence-electron chi connectivity index (χ4n) is 3.80. The molecule has 0 N–H and O–H groups in total. The molecule has 1 aromatic heterocycles. The third-order valence-electron chi connectivity index (χ3n) is 4.98. The van der Waals surface area contributed by atoms with Gasteiger partial charge in [0.1, 0.15) is 18.1 Å². The predicted octanol–water partition coefficient (Wildman–Crippen LogP) is 5.06. The van der Waals surface area contributed by atoms with E-state index in [1.54, 1.807) is 6.07 Å². The number of nitrogens with zero attached hydrogens (tertiary/aromatic N) is 1. The summed E-state index contributed by atoms with van der Waals surface area (Å²) in [5.74, 6) is 0.835. The largest absolute Gasteiger partial charge is 0.477 e. The van der Waals surface area contributed by atoms with Gasteiger partial charge in [-0.1, -0.05) is 37.1 Å². The van der Waals surface area contributed by atoms with Crippen molar-refractivity contribution in [2.45, 2.75) is 39.8 Å². The summed E-state index contributed by atoms with van der Waals surface area (Å²) in [7, 11) is 0. The summed E-state index contributed by atoms with van der Waals surface area (Å²) >= 11 is 6.10. The van der Waals surface area contributed by atoms with Crippen LogP contribution >= 0.6 is 11.6 Å². The minimum absolute atomic E-state index is 0.299. The highest BCUT2D eigenvalue weighted by Gasteiger charge is 2.23. The van der Waals surface area contributed by atoms with E-state index in [4.69, 9.17) is 20.8 Å². The van der Waals surface area contributed by atoms with E-state index >= 15 is 0 Å². The molecule has 0 amide bonds. The molecule has 0 aliphatic carbocycles. The molecule has 2 aromatic carbocycles. The second-order valence-electron chi connectivity index (χ2n) is 7.10. The van der Waals surface area contributed by atoms with Crippen molar-refractivity contribution < 1.29 is 9.15 Å². The molecule has 3 aromatic rings. The lowest BCUT2D eigenvalue weighted by atomic mass is 9.98. The van der Waals surface area contributed by atoms with E-state index in [0.717, 1.165) is 64.3 Å². The number of ether oxygens (including phenoxy) is 1. The molecule has 0 fully saturated rings. The lowest BCUT2D eigenvalue weighted by Gasteiger charge is -2.30. The molecule has 27 heavy (non-hydrogen) atoms. The Morgan fingerprint density at radius 3 is 2.85 bits per heavy atom. The van der Waals surface area contributed by atoms with Gasteiger partial charge in [0.05, 0.1) is 0 Å². The number of fused-ring (bicyclic) bond motifs is 2. The Balaban J connectivity index is 1.71. The zero-order valence-corrected chi connectivity index (χ0v) is 16.3. The van der Waals surface area contributed by atoms with Crippen molar-refractivity contribution in [1.29, 1.82) is 0 Å². The number of hydrogen-bond acceptors (Lipinski definition) is 4. The van der Waals surface area contributed by atoms with Crippen molar-refractivity contribution in [2.24, 2.45) is 0 Å². The maximum absolute atomic E-state index is 12.0. The van der Waals surface area contributed by atoms with Gasteiger partial charge < -0.3 is 9.15 Å². The molecule has 0 spiro atoms. The maximum atomic E-state index is 12.0. The van der Waals surface area contributed by atoms with Crippen LogP contribution in [0.25, 0.3) is 11.0 Å². The van der Waals surface area contributed by atoms with Crippen LogP contribution in [0.15, 0.2) is 45.6 Å². The molecule has 0 radical (unpaired) electrons. The molecule has 1 aliphatic heterocycles. The summed E-state index contributed by atoms with van der Waals surface area (Å²) in [6.45, 7) is 6.12. The number of aryl methyl sites for hydroxylation is 2. The van der Waals surface area contributed by atoms with Gasteiger partial charge in [-0.25, -0.2) is 4.79 Å². The fraction of sp³-hybridized carbons (Fsp3) is 0.318. The van der Waals surface area contributed by atoms with Crippen LogP contribution < -0.4 is 10.4 Å². The van der Waals surface area contributed by atoms with E-state index in [1.165, 1.54) is 0 Å². The van der Waals surface area contributed by atoms with E-state index in [-0.39, 0.29) is 5.63 Å². The lowest BCUT2D eigenvalue weighted by molar-refractivity contribution is 0.0881. The Hall–Kier alpha value is -2.30. The van der Waals surface area contributed by atoms with Crippen molar-refractivity contribution >= 4 is 22.6 Å². The van der Waals surface area contributed by atoms with Crippen molar-refractivity contribution in [3.8, 4) is 5.75 Å². The van der Waals surface area contributed by atoms with Gasteiger partial charge in [-0.05, 0) is 42.7 Å². The summed E-state index contributed by atoms with van der Waals surface area (Å²) in [5, 5.41) is 1.76. The number of hydrogen-bond donors (Lipinski definition) is 0. The minimum Gasteiger partial charge on any atom is -0.477 e. The Morgan fingerprint density at radius 1 is 1.22 bits per heavy atom. The minimum atomic E-state index is -0.299. The first-order valence-electron chi connectivity index (χ1n) is 9.24. The first-order valence-corrected chi connectivity index (χ1v) is 9.61. The highest BCUT2D eigenvalue weighted by atomic mass is 35.5. The van der Waals surface area contributed by atoms with Crippen molar-refractivity contribution in [3.63, 3.8) is 0 Å². The van der Waals surface area contributed by atoms with Crippen LogP contribution in [0.4, 0.5) is 0 Å². The second-order valence-corrected chi connectivity index (χ2v) is 7.53.